The summed E-state index contributed by atoms with van der Waals surface area (Å²) < 4.78 is 7.52. The lowest BCUT2D eigenvalue weighted by molar-refractivity contribution is 0.306. The Morgan fingerprint density at radius 1 is 1.18 bits per heavy atom. The predicted octanol–water partition coefficient (Wildman–Crippen LogP) is 4.40. The maximum atomic E-state index is 6.18. The van der Waals surface area contributed by atoms with Gasteiger partial charge in [-0.3, -0.25) is 0 Å². The number of rotatable bonds is 9. The molecular weight excluding hydrogens is 441 g/mol. The summed E-state index contributed by atoms with van der Waals surface area (Å²) in [5.41, 5.74) is 2.06. The van der Waals surface area contributed by atoms with Crippen molar-refractivity contribution in [1.29, 1.82) is 0 Å². The van der Waals surface area contributed by atoms with Crippen molar-refractivity contribution < 1.29 is 4.74 Å². The Labute approximate surface area is 184 Å². The fraction of sp³-hybridized carbons (Fsp3) is 0.278. The van der Waals surface area contributed by atoms with Gasteiger partial charge in [-0.1, -0.05) is 53.2 Å². The van der Waals surface area contributed by atoms with Crippen molar-refractivity contribution in [3.8, 4) is 5.75 Å². The van der Waals surface area contributed by atoms with Gasteiger partial charge >= 0.3 is 0 Å². The number of aromatic nitrogens is 4. The van der Waals surface area contributed by atoms with Crippen molar-refractivity contribution in [3.05, 3.63) is 63.6 Å². The van der Waals surface area contributed by atoms with E-state index in [-0.39, 0.29) is 12.4 Å². The van der Waals surface area contributed by atoms with Gasteiger partial charge in [-0.05, 0) is 40.3 Å². The minimum atomic E-state index is 0. The number of thioether (sulfide) groups is 1. The zero-order chi connectivity index (χ0) is 19.1. The standard InChI is InChI=1S/C18H19Cl2N5OS.ClH/c1-25-18(22-23-24-25)27-8-7-21-11-13-3-2-4-16(9-13)26-12-14-5-6-15(19)10-17(14)20;/h2-6,9-10,21H,7-8,11-12H2,1H3;1H. The van der Waals surface area contributed by atoms with Crippen molar-refractivity contribution in [2.45, 2.75) is 18.3 Å². The first-order valence-corrected chi connectivity index (χ1v) is 10.1. The van der Waals surface area contributed by atoms with Gasteiger partial charge in [0.25, 0.3) is 0 Å². The maximum absolute atomic E-state index is 6.18. The molecule has 0 unspecified atom stereocenters. The molecule has 1 aromatic heterocycles. The maximum Gasteiger partial charge on any atom is 0.209 e. The average molecular weight is 461 g/mol. The predicted molar refractivity (Wildman–Crippen MR) is 116 cm³/mol. The van der Waals surface area contributed by atoms with E-state index in [9.17, 15) is 0 Å². The van der Waals surface area contributed by atoms with E-state index in [1.807, 2.05) is 37.4 Å². The van der Waals surface area contributed by atoms with Crippen molar-refractivity contribution in [1.82, 2.24) is 25.5 Å². The number of ether oxygens (including phenoxy) is 1. The number of hydrogen-bond donors (Lipinski definition) is 1. The molecule has 0 aliphatic carbocycles. The molecule has 0 bridgehead atoms. The molecule has 0 radical (unpaired) electrons. The quantitative estimate of drug-likeness (QED) is 0.377. The molecule has 28 heavy (non-hydrogen) atoms. The molecule has 0 saturated heterocycles. The van der Waals surface area contributed by atoms with Gasteiger partial charge < -0.3 is 10.1 Å². The lowest BCUT2D eigenvalue weighted by atomic mass is 10.2. The Morgan fingerprint density at radius 3 is 2.79 bits per heavy atom. The van der Waals surface area contributed by atoms with Crippen molar-refractivity contribution in [3.63, 3.8) is 0 Å². The minimum Gasteiger partial charge on any atom is -0.489 e. The molecule has 1 heterocycles. The molecule has 10 heteroatoms. The smallest absolute Gasteiger partial charge is 0.209 e. The molecule has 6 nitrogen and oxygen atoms in total. The van der Waals surface area contributed by atoms with Gasteiger partial charge in [-0.25, -0.2) is 4.68 Å². The first-order valence-electron chi connectivity index (χ1n) is 8.33. The highest BCUT2D eigenvalue weighted by Gasteiger charge is 2.04. The van der Waals surface area contributed by atoms with Crippen LogP contribution < -0.4 is 10.1 Å². The molecule has 0 aliphatic rings. The van der Waals surface area contributed by atoms with Gasteiger partial charge in [0.2, 0.25) is 5.16 Å². The van der Waals surface area contributed by atoms with Crippen molar-refractivity contribution >= 4 is 47.4 Å². The molecule has 1 N–H and O–H groups in total. The van der Waals surface area contributed by atoms with Crippen LogP contribution in [0.2, 0.25) is 10.0 Å². The third-order valence-corrected chi connectivity index (χ3v) is 5.33. The third-order valence-electron chi connectivity index (χ3n) is 3.73. The van der Waals surface area contributed by atoms with E-state index in [0.29, 0.717) is 16.7 Å². The van der Waals surface area contributed by atoms with E-state index >= 15 is 0 Å². The molecular formula is C18H20Cl3N5OS. The molecule has 0 aliphatic heterocycles. The number of benzene rings is 2. The molecule has 0 atom stereocenters. The highest BCUT2D eigenvalue weighted by molar-refractivity contribution is 7.99. The Kier molecular flexibility index (Phi) is 9.34. The monoisotopic (exact) mass is 459 g/mol. The Bertz CT molecular complexity index is 893. The second kappa shape index (κ2) is 11.5. The van der Waals surface area contributed by atoms with Crippen molar-refractivity contribution in [2.75, 3.05) is 12.3 Å². The Balaban J connectivity index is 0.00000280. The lowest BCUT2D eigenvalue weighted by Gasteiger charge is -2.10. The summed E-state index contributed by atoms with van der Waals surface area (Å²) in [6, 6.07) is 13.4. The summed E-state index contributed by atoms with van der Waals surface area (Å²) in [5.74, 6) is 1.69. The van der Waals surface area contributed by atoms with Gasteiger partial charge in [0.15, 0.2) is 0 Å². The number of hydrogen-bond acceptors (Lipinski definition) is 6. The Hall–Kier alpha value is -1.51. The number of tetrazole rings is 1. The van der Waals surface area contributed by atoms with Crippen LogP contribution in [-0.2, 0) is 20.2 Å². The first kappa shape index (κ1) is 22.8. The second-order valence-electron chi connectivity index (χ2n) is 5.78. The van der Waals surface area contributed by atoms with E-state index in [1.54, 1.807) is 22.5 Å². The van der Waals surface area contributed by atoms with Gasteiger partial charge in [0.1, 0.15) is 12.4 Å². The molecule has 3 rings (SSSR count). The van der Waals surface area contributed by atoms with Crippen LogP contribution in [0.15, 0.2) is 47.6 Å². The molecule has 0 fully saturated rings. The van der Waals surface area contributed by atoms with Gasteiger partial charge in [0, 0.05) is 41.5 Å². The summed E-state index contributed by atoms with van der Waals surface area (Å²) in [6.07, 6.45) is 0. The van der Waals surface area contributed by atoms with Crippen LogP contribution in [-0.4, -0.2) is 32.5 Å². The van der Waals surface area contributed by atoms with Crippen LogP contribution in [0.1, 0.15) is 11.1 Å². The zero-order valence-corrected chi connectivity index (χ0v) is 18.3. The number of nitrogens with zero attached hydrogens (tertiary/aromatic N) is 4. The van der Waals surface area contributed by atoms with Crippen LogP contribution in [0.5, 0.6) is 5.75 Å². The number of nitrogens with one attached hydrogen (secondary N) is 1. The van der Waals surface area contributed by atoms with E-state index in [2.05, 4.69) is 26.9 Å². The average Bonchev–Trinajstić information content (AvgIpc) is 3.06. The number of aryl methyl sites for hydroxylation is 1. The summed E-state index contributed by atoms with van der Waals surface area (Å²) in [5, 5.41) is 16.8. The largest absolute Gasteiger partial charge is 0.489 e. The summed E-state index contributed by atoms with van der Waals surface area (Å²) in [7, 11) is 1.83. The summed E-state index contributed by atoms with van der Waals surface area (Å²) in [6.45, 7) is 2.01. The van der Waals surface area contributed by atoms with Crippen LogP contribution in [0.3, 0.4) is 0 Å². The molecule has 2 aromatic carbocycles. The highest BCUT2D eigenvalue weighted by atomic mass is 35.5. The summed E-state index contributed by atoms with van der Waals surface area (Å²) >= 11 is 13.7. The van der Waals surface area contributed by atoms with E-state index in [4.69, 9.17) is 27.9 Å². The third kappa shape index (κ3) is 6.83. The fourth-order valence-electron chi connectivity index (χ4n) is 2.34. The van der Waals surface area contributed by atoms with Gasteiger partial charge in [-0.2, -0.15) is 0 Å². The van der Waals surface area contributed by atoms with Crippen LogP contribution in [0.25, 0.3) is 0 Å². The minimum absolute atomic E-state index is 0. The highest BCUT2D eigenvalue weighted by Crippen LogP contribution is 2.23. The van der Waals surface area contributed by atoms with Crippen molar-refractivity contribution in [2.24, 2.45) is 7.05 Å². The van der Waals surface area contributed by atoms with Gasteiger partial charge in [-0.15, -0.1) is 17.5 Å². The second-order valence-corrected chi connectivity index (χ2v) is 7.69. The van der Waals surface area contributed by atoms with Crippen LogP contribution in [0, 0.1) is 0 Å². The zero-order valence-electron chi connectivity index (χ0n) is 15.1. The molecule has 0 spiro atoms. The van der Waals surface area contributed by atoms with E-state index in [1.165, 1.54) is 0 Å². The number of halogens is 3. The van der Waals surface area contributed by atoms with Crippen LogP contribution in [0.4, 0.5) is 0 Å². The first-order chi connectivity index (χ1) is 13.1. The lowest BCUT2D eigenvalue weighted by Crippen LogP contribution is -2.16. The fourth-order valence-corrected chi connectivity index (χ4v) is 3.55. The molecule has 0 amide bonds. The summed E-state index contributed by atoms with van der Waals surface area (Å²) in [4.78, 5) is 0. The Morgan fingerprint density at radius 2 is 2.04 bits per heavy atom. The van der Waals surface area contributed by atoms with Crippen LogP contribution >= 0.6 is 47.4 Å². The SMILES string of the molecule is Cl.Cn1nnnc1SCCNCc1cccc(OCc2ccc(Cl)cc2Cl)c1. The van der Waals surface area contributed by atoms with E-state index < -0.39 is 0 Å². The topological polar surface area (TPSA) is 64.9 Å². The molecule has 3 aromatic rings. The normalized spacial score (nSPS) is 10.5. The molecule has 0 saturated carbocycles. The molecule has 150 valence electrons. The van der Waals surface area contributed by atoms with Gasteiger partial charge in [0.05, 0.1) is 0 Å². The van der Waals surface area contributed by atoms with E-state index in [0.717, 1.165) is 40.9 Å².